The molecule has 0 N–H and O–H groups in total. The molecule has 1 aromatic heterocycles. The number of para-hydroxylation sites is 2. The van der Waals surface area contributed by atoms with Crippen LogP contribution in [0.25, 0.3) is 16.2 Å². The molecule has 0 spiro atoms. The molecule has 0 bridgehead atoms. The van der Waals surface area contributed by atoms with Gasteiger partial charge >= 0.3 is 0 Å². The highest BCUT2D eigenvalue weighted by atomic mass is 32.1. The largest absolute Gasteiger partial charge is 0.360 e. The topological polar surface area (TPSA) is 6.48 Å². The third-order valence-corrected chi connectivity index (χ3v) is 11.4. The van der Waals surface area contributed by atoms with Crippen LogP contribution in [0.1, 0.15) is 48.3 Å². The van der Waals surface area contributed by atoms with Crippen molar-refractivity contribution in [2.24, 2.45) is 5.92 Å². The molecule has 5 unspecified atom stereocenters. The van der Waals surface area contributed by atoms with E-state index in [0.29, 0.717) is 18.0 Å². The van der Waals surface area contributed by atoms with E-state index in [1.807, 2.05) is 11.3 Å². The second kappa shape index (κ2) is 9.09. The molecule has 0 radical (unpaired) electrons. The quantitative estimate of drug-likeness (QED) is 0.228. The highest BCUT2D eigenvalue weighted by Crippen LogP contribution is 2.66. The van der Waals surface area contributed by atoms with Crippen molar-refractivity contribution in [1.82, 2.24) is 0 Å². The SMILES string of the molecule is C=CC1c2ccccc2N(c2ccc3sc4c(c3c2)CC(N2c3ccccc3C3(C)C2[C@@H]3/C=C/C)C=C4)C1/C=C\C. The van der Waals surface area contributed by atoms with E-state index < -0.39 is 0 Å². The zero-order chi connectivity index (χ0) is 27.9. The Morgan fingerprint density at radius 2 is 1.73 bits per heavy atom. The molecule has 2 aliphatic heterocycles. The predicted molar refractivity (Wildman–Crippen MR) is 177 cm³/mol. The molecular formula is C38H36N2S. The fourth-order valence-corrected chi connectivity index (χ4v) is 9.45. The van der Waals surface area contributed by atoms with Gasteiger partial charge in [-0.3, -0.25) is 0 Å². The van der Waals surface area contributed by atoms with E-state index in [4.69, 9.17) is 0 Å². The van der Waals surface area contributed by atoms with Gasteiger partial charge in [-0.1, -0.05) is 79.8 Å². The average Bonchev–Trinajstić information content (AvgIpc) is 3.27. The lowest BCUT2D eigenvalue weighted by Crippen LogP contribution is -2.38. The summed E-state index contributed by atoms with van der Waals surface area (Å²) < 4.78 is 1.38. The predicted octanol–water partition coefficient (Wildman–Crippen LogP) is 9.56. The minimum Gasteiger partial charge on any atom is -0.360 e. The summed E-state index contributed by atoms with van der Waals surface area (Å²) in [6.07, 6.45) is 17.2. The van der Waals surface area contributed by atoms with Crippen LogP contribution >= 0.6 is 11.3 Å². The van der Waals surface area contributed by atoms with Gasteiger partial charge in [0.25, 0.3) is 0 Å². The van der Waals surface area contributed by atoms with Crippen LogP contribution in [0.2, 0.25) is 0 Å². The number of rotatable bonds is 5. The molecule has 1 fully saturated rings. The van der Waals surface area contributed by atoms with Gasteiger partial charge in [0.2, 0.25) is 0 Å². The van der Waals surface area contributed by atoms with Gasteiger partial charge in [-0.2, -0.15) is 0 Å². The van der Waals surface area contributed by atoms with E-state index in [9.17, 15) is 0 Å². The molecule has 6 atom stereocenters. The Balaban J connectivity index is 1.20. The van der Waals surface area contributed by atoms with Crippen molar-refractivity contribution in [2.45, 2.75) is 56.7 Å². The van der Waals surface area contributed by atoms with Crippen molar-refractivity contribution >= 4 is 44.6 Å². The average molecular weight is 553 g/mol. The number of nitrogens with zero attached hydrogens (tertiary/aromatic N) is 2. The van der Waals surface area contributed by atoms with Gasteiger partial charge < -0.3 is 9.80 Å². The number of hydrogen-bond acceptors (Lipinski definition) is 3. The second-order valence-corrected chi connectivity index (χ2v) is 13.2. The molecule has 1 saturated carbocycles. The fraction of sp³-hybridized carbons (Fsp3) is 0.263. The highest BCUT2D eigenvalue weighted by Gasteiger charge is 2.69. The molecule has 41 heavy (non-hydrogen) atoms. The van der Waals surface area contributed by atoms with Crippen molar-refractivity contribution in [3.05, 3.63) is 131 Å². The van der Waals surface area contributed by atoms with Gasteiger partial charge in [0, 0.05) is 49.9 Å². The molecular weight excluding hydrogens is 516 g/mol. The standard InChI is InChI=1S/C38H36N2S/c1-5-12-31-37-38(31,4)30-15-9-11-17-34(30)40(37)25-19-21-36-29(23-25)28-22-24(18-20-35(28)41-36)39-32(13-6-2)26(7-3)27-14-8-10-16-33(27)39/h5-22,25-26,31-32,37H,3,23H2,1-2,4H3/b12-5+,13-6-/t25?,26?,31-,32?,37?,38?/m0/s1. The lowest BCUT2D eigenvalue weighted by molar-refractivity contribution is 0.659. The number of fused-ring (bicyclic) bond motifs is 7. The molecule has 204 valence electrons. The first-order valence-electron chi connectivity index (χ1n) is 15.0. The van der Waals surface area contributed by atoms with Gasteiger partial charge in [-0.05, 0) is 78.8 Å². The maximum atomic E-state index is 4.22. The van der Waals surface area contributed by atoms with E-state index in [2.05, 4.69) is 146 Å². The molecule has 8 rings (SSSR count). The number of allylic oxidation sites excluding steroid dienone is 2. The lowest BCUT2D eigenvalue weighted by Gasteiger charge is -2.33. The zero-order valence-electron chi connectivity index (χ0n) is 24.0. The van der Waals surface area contributed by atoms with Crippen LogP contribution in [-0.2, 0) is 11.8 Å². The first kappa shape index (κ1) is 24.9. The first-order chi connectivity index (χ1) is 20.1. The molecule has 3 heterocycles. The third-order valence-electron chi connectivity index (χ3n) is 10.2. The molecule has 4 aromatic rings. The van der Waals surface area contributed by atoms with Crippen LogP contribution < -0.4 is 9.80 Å². The molecule has 3 heteroatoms. The first-order valence-corrected chi connectivity index (χ1v) is 15.8. The fourth-order valence-electron chi connectivity index (χ4n) is 8.32. The summed E-state index contributed by atoms with van der Waals surface area (Å²) in [6, 6.07) is 26.2. The Morgan fingerprint density at radius 1 is 0.951 bits per heavy atom. The van der Waals surface area contributed by atoms with Gasteiger partial charge in [-0.25, -0.2) is 0 Å². The van der Waals surface area contributed by atoms with Crippen LogP contribution in [0.15, 0.2) is 110 Å². The molecule has 3 aromatic carbocycles. The summed E-state index contributed by atoms with van der Waals surface area (Å²) in [4.78, 5) is 6.69. The Hall–Kier alpha value is -3.82. The number of hydrogen-bond donors (Lipinski definition) is 0. The Morgan fingerprint density at radius 3 is 2.54 bits per heavy atom. The second-order valence-electron chi connectivity index (χ2n) is 12.2. The van der Waals surface area contributed by atoms with Crippen LogP contribution in [0.5, 0.6) is 0 Å². The zero-order valence-corrected chi connectivity index (χ0v) is 24.8. The van der Waals surface area contributed by atoms with Crippen molar-refractivity contribution in [3.8, 4) is 0 Å². The molecule has 0 saturated heterocycles. The monoisotopic (exact) mass is 552 g/mol. The van der Waals surface area contributed by atoms with Crippen LogP contribution in [0.4, 0.5) is 17.1 Å². The summed E-state index contributed by atoms with van der Waals surface area (Å²) in [7, 11) is 0. The van der Waals surface area contributed by atoms with Gasteiger partial charge in [0.15, 0.2) is 0 Å². The maximum Gasteiger partial charge on any atom is 0.0626 e. The molecule has 2 aliphatic carbocycles. The molecule has 4 aliphatic rings. The van der Waals surface area contributed by atoms with E-state index in [1.54, 1.807) is 0 Å². The van der Waals surface area contributed by atoms with Gasteiger partial charge in [0.1, 0.15) is 0 Å². The molecule has 2 nitrogen and oxygen atoms in total. The number of anilines is 3. The summed E-state index contributed by atoms with van der Waals surface area (Å²) >= 11 is 1.94. The van der Waals surface area contributed by atoms with Crippen LogP contribution in [0, 0.1) is 5.92 Å². The van der Waals surface area contributed by atoms with Crippen molar-refractivity contribution in [2.75, 3.05) is 9.80 Å². The number of benzene rings is 3. The Kier molecular flexibility index (Phi) is 5.53. The summed E-state index contributed by atoms with van der Waals surface area (Å²) in [5.74, 6) is 0.856. The van der Waals surface area contributed by atoms with Crippen molar-refractivity contribution in [1.29, 1.82) is 0 Å². The third kappa shape index (κ3) is 3.36. The lowest BCUT2D eigenvalue weighted by atomic mass is 9.93. The van der Waals surface area contributed by atoms with Crippen LogP contribution in [0.3, 0.4) is 0 Å². The van der Waals surface area contributed by atoms with E-state index in [-0.39, 0.29) is 17.4 Å². The van der Waals surface area contributed by atoms with Gasteiger partial charge in [-0.15, -0.1) is 17.9 Å². The summed E-state index contributed by atoms with van der Waals surface area (Å²) in [6.45, 7) is 11.0. The van der Waals surface area contributed by atoms with E-state index in [1.165, 1.54) is 48.7 Å². The maximum absolute atomic E-state index is 4.22. The summed E-state index contributed by atoms with van der Waals surface area (Å²) in [5, 5.41) is 1.41. The normalized spacial score (nSPS) is 29.3. The highest BCUT2D eigenvalue weighted by molar-refractivity contribution is 7.20. The smallest absolute Gasteiger partial charge is 0.0626 e. The number of thiophene rings is 1. The summed E-state index contributed by atoms with van der Waals surface area (Å²) in [5.41, 5.74) is 8.58. The van der Waals surface area contributed by atoms with Gasteiger partial charge in [0.05, 0.1) is 12.1 Å². The molecule has 0 amide bonds. The minimum absolute atomic E-state index is 0.216. The van der Waals surface area contributed by atoms with Crippen molar-refractivity contribution in [3.63, 3.8) is 0 Å². The van der Waals surface area contributed by atoms with Crippen molar-refractivity contribution < 1.29 is 0 Å². The van der Waals surface area contributed by atoms with E-state index in [0.717, 1.165) is 6.42 Å². The van der Waals surface area contributed by atoms with E-state index >= 15 is 0 Å². The minimum atomic E-state index is 0.216. The Labute approximate surface area is 247 Å². The Bertz CT molecular complexity index is 1790. The van der Waals surface area contributed by atoms with Crippen LogP contribution in [-0.4, -0.2) is 18.1 Å².